The molecule has 0 aliphatic rings. The number of hydrogen-bond acceptors (Lipinski definition) is 3. The Labute approximate surface area is 213 Å². The number of nitrogens with one attached hydrogen (secondary N) is 1. The van der Waals surface area contributed by atoms with E-state index in [9.17, 15) is 14.0 Å². The smallest absolute Gasteiger partial charge is 0.261 e. The highest BCUT2D eigenvalue weighted by Crippen LogP contribution is 2.21. The number of unbranched alkanes of at least 4 members (excludes halogenated alkanes) is 1. The summed E-state index contributed by atoms with van der Waals surface area (Å²) in [4.78, 5) is 28.4. The van der Waals surface area contributed by atoms with Crippen LogP contribution in [0, 0.1) is 19.7 Å². The van der Waals surface area contributed by atoms with Crippen molar-refractivity contribution in [2.24, 2.45) is 0 Å². The van der Waals surface area contributed by atoms with Gasteiger partial charge < -0.3 is 15.0 Å². The van der Waals surface area contributed by atoms with E-state index in [0.717, 1.165) is 29.5 Å². The van der Waals surface area contributed by atoms with Gasteiger partial charge in [0.2, 0.25) is 5.91 Å². The van der Waals surface area contributed by atoms with Gasteiger partial charge >= 0.3 is 0 Å². The predicted molar refractivity (Wildman–Crippen MR) is 140 cm³/mol. The number of hydrogen-bond donors (Lipinski definition) is 1. The van der Waals surface area contributed by atoms with E-state index in [4.69, 9.17) is 4.74 Å². The lowest BCUT2D eigenvalue weighted by molar-refractivity contribution is -0.142. The minimum Gasteiger partial charge on any atom is -0.483 e. The molecule has 2 amide bonds. The highest BCUT2D eigenvalue weighted by Gasteiger charge is 2.31. The van der Waals surface area contributed by atoms with Gasteiger partial charge in [0, 0.05) is 25.1 Å². The van der Waals surface area contributed by atoms with E-state index in [1.54, 1.807) is 18.2 Å². The van der Waals surface area contributed by atoms with Crippen LogP contribution in [0.3, 0.4) is 0 Å². The molecule has 0 spiro atoms. The van der Waals surface area contributed by atoms with Gasteiger partial charge in [0.1, 0.15) is 17.6 Å². The summed E-state index contributed by atoms with van der Waals surface area (Å²) in [7, 11) is 0. The summed E-state index contributed by atoms with van der Waals surface area (Å²) in [5.41, 5.74) is 3.18. The zero-order valence-corrected chi connectivity index (χ0v) is 21.3. The Morgan fingerprint density at radius 2 is 1.72 bits per heavy atom. The molecule has 6 heteroatoms. The maximum absolute atomic E-state index is 14.6. The Hall–Kier alpha value is -3.67. The second-order valence-electron chi connectivity index (χ2n) is 9.02. The molecular weight excluding hydrogens is 455 g/mol. The minimum absolute atomic E-state index is 0.0413. The largest absolute Gasteiger partial charge is 0.483 e. The molecule has 3 aromatic rings. The van der Waals surface area contributed by atoms with Crippen LogP contribution in [0.5, 0.6) is 5.75 Å². The van der Waals surface area contributed by atoms with Crippen LogP contribution in [-0.4, -0.2) is 35.9 Å². The number of amides is 2. The third-order valence-electron chi connectivity index (χ3n) is 6.09. The average molecular weight is 491 g/mol. The van der Waals surface area contributed by atoms with Crippen LogP contribution in [0.25, 0.3) is 0 Å². The number of carbonyl (C=O) groups excluding carboxylic acids is 2. The summed E-state index contributed by atoms with van der Waals surface area (Å²) in [6.07, 6.45) is 2.08. The molecule has 190 valence electrons. The molecule has 0 aliphatic carbocycles. The van der Waals surface area contributed by atoms with E-state index in [1.807, 2.05) is 69.3 Å². The van der Waals surface area contributed by atoms with Crippen molar-refractivity contribution in [3.05, 3.63) is 101 Å². The second-order valence-corrected chi connectivity index (χ2v) is 9.02. The topological polar surface area (TPSA) is 58.6 Å². The highest BCUT2D eigenvalue weighted by atomic mass is 19.1. The third-order valence-corrected chi connectivity index (χ3v) is 6.09. The monoisotopic (exact) mass is 490 g/mol. The van der Waals surface area contributed by atoms with Gasteiger partial charge in [0.05, 0.1) is 0 Å². The minimum atomic E-state index is -0.821. The van der Waals surface area contributed by atoms with Crippen molar-refractivity contribution in [3.8, 4) is 5.75 Å². The van der Waals surface area contributed by atoms with E-state index >= 15 is 0 Å². The Morgan fingerprint density at radius 1 is 1.00 bits per heavy atom. The van der Waals surface area contributed by atoms with Crippen LogP contribution in [0.1, 0.15) is 42.0 Å². The van der Waals surface area contributed by atoms with Crippen LogP contribution in [-0.2, 0) is 22.6 Å². The third kappa shape index (κ3) is 7.67. The van der Waals surface area contributed by atoms with Gasteiger partial charge in [0.25, 0.3) is 5.91 Å². The molecule has 0 bridgehead atoms. The fourth-order valence-electron chi connectivity index (χ4n) is 3.96. The molecule has 0 aromatic heterocycles. The first kappa shape index (κ1) is 26.9. The van der Waals surface area contributed by atoms with Gasteiger partial charge in [-0.1, -0.05) is 74.0 Å². The summed E-state index contributed by atoms with van der Waals surface area (Å²) >= 11 is 0. The quantitative estimate of drug-likeness (QED) is 0.347. The number of nitrogens with zero attached hydrogens (tertiary/aromatic N) is 1. The lowest BCUT2D eigenvalue weighted by Crippen LogP contribution is -2.52. The van der Waals surface area contributed by atoms with Crippen LogP contribution >= 0.6 is 0 Å². The highest BCUT2D eigenvalue weighted by molar-refractivity contribution is 5.88. The SMILES string of the molecule is CCCCNC(=O)C(Cc1ccccc1)N(Cc1ccccc1F)C(=O)COc1cc(C)ccc1C. The Morgan fingerprint density at radius 3 is 2.44 bits per heavy atom. The van der Waals surface area contributed by atoms with Gasteiger partial charge in [-0.15, -0.1) is 0 Å². The first-order valence-corrected chi connectivity index (χ1v) is 12.4. The lowest BCUT2D eigenvalue weighted by atomic mass is 10.0. The number of carbonyl (C=O) groups is 2. The number of aryl methyl sites for hydroxylation is 2. The van der Waals surface area contributed by atoms with E-state index in [1.165, 1.54) is 11.0 Å². The first-order valence-electron chi connectivity index (χ1n) is 12.4. The van der Waals surface area contributed by atoms with Gasteiger partial charge in [-0.05, 0) is 49.1 Å². The van der Waals surface area contributed by atoms with Gasteiger partial charge in [-0.25, -0.2) is 4.39 Å². The average Bonchev–Trinajstić information content (AvgIpc) is 2.88. The molecule has 0 saturated heterocycles. The van der Waals surface area contributed by atoms with Crippen molar-refractivity contribution in [2.45, 2.75) is 52.6 Å². The fourth-order valence-corrected chi connectivity index (χ4v) is 3.96. The Kier molecular flexibility index (Phi) is 10.0. The fraction of sp³-hybridized carbons (Fsp3) is 0.333. The van der Waals surface area contributed by atoms with Crippen LogP contribution in [0.15, 0.2) is 72.8 Å². The van der Waals surface area contributed by atoms with E-state index in [0.29, 0.717) is 24.3 Å². The molecule has 0 radical (unpaired) electrons. The molecule has 1 N–H and O–H groups in total. The van der Waals surface area contributed by atoms with Crippen molar-refractivity contribution in [3.63, 3.8) is 0 Å². The molecule has 3 rings (SSSR count). The standard InChI is InChI=1S/C30H35FN2O3/c1-4-5-17-32-30(35)27(19-24-11-7-6-8-12-24)33(20-25-13-9-10-14-26(25)31)29(34)21-36-28-18-22(2)15-16-23(28)3/h6-16,18,27H,4-5,17,19-21H2,1-3H3,(H,32,35). The number of halogens is 1. The number of ether oxygens (including phenoxy) is 1. The van der Waals surface area contributed by atoms with Crippen molar-refractivity contribution < 1.29 is 18.7 Å². The summed E-state index contributed by atoms with van der Waals surface area (Å²) in [6, 6.07) is 20.8. The van der Waals surface area contributed by atoms with Crippen molar-refractivity contribution in [1.82, 2.24) is 10.2 Å². The number of benzene rings is 3. The normalized spacial score (nSPS) is 11.6. The van der Waals surface area contributed by atoms with Crippen molar-refractivity contribution >= 4 is 11.8 Å². The molecule has 36 heavy (non-hydrogen) atoms. The van der Waals surface area contributed by atoms with Crippen LogP contribution in [0.4, 0.5) is 4.39 Å². The maximum Gasteiger partial charge on any atom is 0.261 e. The Bertz CT molecular complexity index is 1150. The van der Waals surface area contributed by atoms with Crippen molar-refractivity contribution in [2.75, 3.05) is 13.2 Å². The molecule has 5 nitrogen and oxygen atoms in total. The summed E-state index contributed by atoms with van der Waals surface area (Å²) in [5.74, 6) is -0.453. The molecule has 1 unspecified atom stereocenters. The van der Waals surface area contributed by atoms with E-state index in [2.05, 4.69) is 5.32 Å². The summed E-state index contributed by atoms with van der Waals surface area (Å²) in [5, 5.41) is 2.96. The van der Waals surface area contributed by atoms with Crippen LogP contribution < -0.4 is 10.1 Å². The molecule has 0 fully saturated rings. The van der Waals surface area contributed by atoms with Crippen LogP contribution in [0.2, 0.25) is 0 Å². The van der Waals surface area contributed by atoms with Crippen molar-refractivity contribution in [1.29, 1.82) is 0 Å². The second kappa shape index (κ2) is 13.4. The van der Waals surface area contributed by atoms with E-state index < -0.39 is 11.9 Å². The Balaban J connectivity index is 1.91. The zero-order valence-electron chi connectivity index (χ0n) is 21.3. The zero-order chi connectivity index (χ0) is 25.9. The molecule has 0 saturated carbocycles. The molecule has 3 aromatic carbocycles. The molecule has 1 atom stereocenters. The van der Waals surface area contributed by atoms with Gasteiger partial charge in [-0.2, -0.15) is 0 Å². The summed E-state index contributed by atoms with van der Waals surface area (Å²) < 4.78 is 20.5. The lowest BCUT2D eigenvalue weighted by Gasteiger charge is -2.31. The van der Waals surface area contributed by atoms with E-state index in [-0.39, 0.29) is 25.0 Å². The summed E-state index contributed by atoms with van der Waals surface area (Å²) in [6.45, 7) is 6.13. The van der Waals surface area contributed by atoms with Gasteiger partial charge in [-0.3, -0.25) is 9.59 Å². The molecule has 0 heterocycles. The number of rotatable bonds is 12. The molecular formula is C30H35FN2O3. The first-order chi connectivity index (χ1) is 17.4. The molecule has 0 aliphatic heterocycles. The predicted octanol–water partition coefficient (Wildman–Crippen LogP) is 5.38. The maximum atomic E-state index is 14.6. The van der Waals surface area contributed by atoms with Gasteiger partial charge in [0.15, 0.2) is 6.61 Å².